The summed E-state index contributed by atoms with van der Waals surface area (Å²) in [5.74, 6) is 0.898. The molecule has 0 aliphatic heterocycles. The van der Waals surface area contributed by atoms with Gasteiger partial charge in [-0.1, -0.05) is 24.2 Å². The van der Waals surface area contributed by atoms with Crippen LogP contribution in [-0.2, 0) is 10.0 Å². The van der Waals surface area contributed by atoms with Gasteiger partial charge in [0.25, 0.3) is 5.89 Å². The Bertz CT molecular complexity index is 730. The van der Waals surface area contributed by atoms with Gasteiger partial charge in [0.1, 0.15) is 5.75 Å². The summed E-state index contributed by atoms with van der Waals surface area (Å²) < 4.78 is 36.1. The zero-order valence-electron chi connectivity index (χ0n) is 13.1. The third-order valence-corrected chi connectivity index (χ3v) is 4.33. The minimum absolute atomic E-state index is 0.0859. The van der Waals surface area contributed by atoms with Crippen molar-refractivity contribution in [1.29, 1.82) is 0 Å². The molecule has 9 heteroatoms. The fourth-order valence-corrected chi connectivity index (χ4v) is 2.35. The molecule has 2 rings (SSSR count). The van der Waals surface area contributed by atoms with E-state index in [0.29, 0.717) is 23.8 Å². The third-order valence-electron chi connectivity index (χ3n) is 2.96. The third kappa shape index (κ3) is 4.93. The van der Waals surface area contributed by atoms with E-state index in [1.54, 1.807) is 0 Å². The van der Waals surface area contributed by atoms with E-state index >= 15 is 0 Å². The van der Waals surface area contributed by atoms with Crippen molar-refractivity contribution in [2.24, 2.45) is 0 Å². The number of hydrogen-bond acceptors (Lipinski definition) is 7. The Balaban J connectivity index is 2.05. The van der Waals surface area contributed by atoms with Gasteiger partial charge in [-0.2, -0.15) is 0 Å². The Kier molecular flexibility index (Phi) is 5.94. The molecule has 0 bridgehead atoms. The van der Waals surface area contributed by atoms with Crippen LogP contribution in [0.25, 0.3) is 11.5 Å². The molecule has 126 valence electrons. The SMILES string of the molecule is CCCOc1ccccc1-c1nnc(NCCS(=O)(=O)NC)o1. The smallest absolute Gasteiger partial charge is 0.315 e. The van der Waals surface area contributed by atoms with E-state index in [4.69, 9.17) is 9.15 Å². The lowest BCUT2D eigenvalue weighted by Crippen LogP contribution is -2.26. The molecule has 0 atom stereocenters. The lowest BCUT2D eigenvalue weighted by atomic mass is 10.2. The number of para-hydroxylation sites is 1. The topological polar surface area (TPSA) is 106 Å². The van der Waals surface area contributed by atoms with E-state index in [0.717, 1.165) is 6.42 Å². The number of anilines is 1. The molecule has 8 nitrogen and oxygen atoms in total. The van der Waals surface area contributed by atoms with Crippen molar-refractivity contribution in [2.45, 2.75) is 13.3 Å². The lowest BCUT2D eigenvalue weighted by Gasteiger charge is -2.07. The van der Waals surface area contributed by atoms with E-state index in [9.17, 15) is 8.42 Å². The summed E-state index contributed by atoms with van der Waals surface area (Å²) in [5, 5.41) is 10.6. The average Bonchev–Trinajstić information content (AvgIpc) is 3.01. The molecule has 2 N–H and O–H groups in total. The van der Waals surface area contributed by atoms with Crippen molar-refractivity contribution in [3.63, 3.8) is 0 Å². The number of sulfonamides is 1. The van der Waals surface area contributed by atoms with Gasteiger partial charge < -0.3 is 14.5 Å². The summed E-state index contributed by atoms with van der Waals surface area (Å²) in [5.41, 5.74) is 0.698. The Labute approximate surface area is 135 Å². The zero-order chi connectivity index (χ0) is 16.7. The molecule has 0 spiro atoms. The van der Waals surface area contributed by atoms with Crippen LogP contribution in [0.15, 0.2) is 28.7 Å². The van der Waals surface area contributed by atoms with E-state index in [1.165, 1.54) is 7.05 Å². The number of nitrogens with zero attached hydrogens (tertiary/aromatic N) is 2. The molecule has 1 aromatic carbocycles. The van der Waals surface area contributed by atoms with Crippen LogP contribution in [0, 0.1) is 0 Å². The first kappa shape index (κ1) is 17.2. The van der Waals surface area contributed by atoms with Gasteiger partial charge in [-0.3, -0.25) is 0 Å². The number of benzene rings is 1. The van der Waals surface area contributed by atoms with E-state index in [1.807, 2.05) is 31.2 Å². The van der Waals surface area contributed by atoms with Gasteiger partial charge in [0, 0.05) is 6.54 Å². The van der Waals surface area contributed by atoms with Crippen molar-refractivity contribution in [1.82, 2.24) is 14.9 Å². The molecule has 1 aromatic heterocycles. The molecule has 0 amide bonds. The standard InChI is InChI=1S/C14H20N4O4S/c1-3-9-21-12-7-5-4-6-11(12)13-17-18-14(22-13)16-8-10-23(19,20)15-2/h4-7,15H,3,8-10H2,1-2H3,(H,16,18). The van der Waals surface area contributed by atoms with Gasteiger partial charge in [0.2, 0.25) is 10.0 Å². The van der Waals surface area contributed by atoms with Crippen LogP contribution in [0.4, 0.5) is 6.01 Å². The monoisotopic (exact) mass is 340 g/mol. The normalized spacial score (nSPS) is 11.4. The first-order valence-corrected chi connectivity index (χ1v) is 8.91. The highest BCUT2D eigenvalue weighted by Gasteiger charge is 2.14. The van der Waals surface area contributed by atoms with Crippen LogP contribution in [0.1, 0.15) is 13.3 Å². The van der Waals surface area contributed by atoms with Crippen molar-refractivity contribution in [3.05, 3.63) is 24.3 Å². The highest BCUT2D eigenvalue weighted by molar-refractivity contribution is 7.89. The minimum Gasteiger partial charge on any atom is -0.493 e. The van der Waals surface area contributed by atoms with E-state index in [2.05, 4.69) is 20.2 Å². The maximum atomic E-state index is 11.3. The predicted molar refractivity (Wildman–Crippen MR) is 86.9 cm³/mol. The summed E-state index contributed by atoms with van der Waals surface area (Å²) in [7, 11) is -1.91. The zero-order valence-corrected chi connectivity index (χ0v) is 13.9. The maximum absolute atomic E-state index is 11.3. The molecular weight excluding hydrogens is 320 g/mol. The van der Waals surface area contributed by atoms with Gasteiger partial charge in [-0.15, -0.1) is 5.10 Å². The van der Waals surface area contributed by atoms with Crippen LogP contribution in [0.3, 0.4) is 0 Å². The number of aromatic nitrogens is 2. The molecule has 23 heavy (non-hydrogen) atoms. The average molecular weight is 340 g/mol. The van der Waals surface area contributed by atoms with E-state index in [-0.39, 0.29) is 18.3 Å². The van der Waals surface area contributed by atoms with Crippen LogP contribution < -0.4 is 14.8 Å². The number of rotatable bonds is 9. The Morgan fingerprint density at radius 3 is 2.78 bits per heavy atom. The highest BCUT2D eigenvalue weighted by Crippen LogP contribution is 2.29. The molecule has 0 radical (unpaired) electrons. The molecule has 0 aliphatic carbocycles. The largest absolute Gasteiger partial charge is 0.493 e. The number of ether oxygens (including phenoxy) is 1. The van der Waals surface area contributed by atoms with Crippen LogP contribution >= 0.6 is 0 Å². The minimum atomic E-state index is -3.27. The Morgan fingerprint density at radius 2 is 2.04 bits per heavy atom. The first-order chi connectivity index (χ1) is 11.1. The molecule has 2 aromatic rings. The van der Waals surface area contributed by atoms with Crippen molar-refractivity contribution in [3.8, 4) is 17.2 Å². The first-order valence-electron chi connectivity index (χ1n) is 7.26. The molecule has 0 saturated carbocycles. The lowest BCUT2D eigenvalue weighted by molar-refractivity contribution is 0.318. The summed E-state index contributed by atoms with van der Waals surface area (Å²) >= 11 is 0. The highest BCUT2D eigenvalue weighted by atomic mass is 32.2. The fourth-order valence-electron chi connectivity index (χ4n) is 1.78. The van der Waals surface area contributed by atoms with Crippen molar-refractivity contribution < 1.29 is 17.6 Å². The fraction of sp³-hybridized carbons (Fsp3) is 0.429. The second-order valence-corrected chi connectivity index (χ2v) is 6.75. The molecular formula is C14H20N4O4S. The summed E-state index contributed by atoms with van der Waals surface area (Å²) in [6, 6.07) is 7.55. The van der Waals surface area contributed by atoms with E-state index < -0.39 is 10.0 Å². The predicted octanol–water partition coefficient (Wildman–Crippen LogP) is 1.49. The maximum Gasteiger partial charge on any atom is 0.315 e. The summed E-state index contributed by atoms with van der Waals surface area (Å²) in [4.78, 5) is 0. The molecule has 0 saturated heterocycles. The number of hydrogen-bond donors (Lipinski definition) is 2. The quantitative estimate of drug-likeness (QED) is 0.712. The van der Waals surface area contributed by atoms with Gasteiger partial charge >= 0.3 is 6.01 Å². The van der Waals surface area contributed by atoms with Crippen molar-refractivity contribution >= 4 is 16.0 Å². The molecule has 0 fully saturated rings. The Morgan fingerprint density at radius 1 is 1.26 bits per heavy atom. The number of nitrogens with one attached hydrogen (secondary N) is 2. The van der Waals surface area contributed by atoms with Gasteiger partial charge in [0.05, 0.1) is 17.9 Å². The second-order valence-electron chi connectivity index (χ2n) is 4.71. The van der Waals surface area contributed by atoms with Crippen LogP contribution in [-0.4, -0.2) is 44.6 Å². The van der Waals surface area contributed by atoms with Gasteiger partial charge in [-0.25, -0.2) is 13.1 Å². The molecule has 0 aliphatic rings. The van der Waals surface area contributed by atoms with Crippen molar-refractivity contribution in [2.75, 3.05) is 31.3 Å². The van der Waals surface area contributed by atoms with Gasteiger partial charge in [0.15, 0.2) is 0 Å². The van der Waals surface area contributed by atoms with Crippen LogP contribution in [0.2, 0.25) is 0 Å². The second kappa shape index (κ2) is 7.93. The van der Waals surface area contributed by atoms with Gasteiger partial charge in [-0.05, 0) is 25.6 Å². The summed E-state index contributed by atoms with van der Waals surface area (Å²) in [6.07, 6.45) is 0.894. The summed E-state index contributed by atoms with van der Waals surface area (Å²) in [6.45, 7) is 2.79. The Hall–Kier alpha value is -2.13. The van der Waals surface area contributed by atoms with Crippen LogP contribution in [0.5, 0.6) is 5.75 Å². The molecule has 1 heterocycles. The molecule has 0 unspecified atom stereocenters.